The normalized spacial score (nSPS) is 14.4. The standard InChI is InChI=1S/C47H64N6O5SSi/c1-9-28-53(46(57)43(51-52-48)34(5)10-2)40(33(3)4)31-42(55)45-50-39(32-59-45)44(56)49-38(30-35-21-14-11-15-22-35)41(54)27-20-29-58-60(47(6,7)8,36-23-16-12-17-24-36)37-25-18-13-19-26-37/h11-19,21-26,32-34,38,40,42-43,55H,9-10,20,27-31H2,1-8H3,(H,49,56)/t34-,38-,40+,42+,43-/m0/s1. The maximum atomic E-state index is 14.0. The zero-order valence-electron chi connectivity index (χ0n) is 36.6. The highest BCUT2D eigenvalue weighted by atomic mass is 32.1. The van der Waals surface area contributed by atoms with Crippen molar-refractivity contribution in [2.75, 3.05) is 13.2 Å². The van der Waals surface area contributed by atoms with Crippen LogP contribution in [0.2, 0.25) is 5.04 Å². The van der Waals surface area contributed by atoms with E-state index in [-0.39, 0.29) is 53.1 Å². The first-order valence-electron chi connectivity index (χ1n) is 21.3. The molecule has 5 atom stereocenters. The molecule has 13 heteroatoms. The zero-order valence-corrected chi connectivity index (χ0v) is 38.4. The number of aromatic nitrogens is 1. The fourth-order valence-corrected chi connectivity index (χ4v) is 13.3. The summed E-state index contributed by atoms with van der Waals surface area (Å²) >= 11 is 1.16. The second-order valence-corrected chi connectivity index (χ2v) is 22.2. The maximum Gasteiger partial charge on any atom is 0.271 e. The number of azide groups is 1. The number of carbonyl (C=O) groups is 3. The minimum absolute atomic E-state index is 0.0272. The van der Waals surface area contributed by atoms with Gasteiger partial charge in [-0.2, -0.15) is 0 Å². The summed E-state index contributed by atoms with van der Waals surface area (Å²) < 4.78 is 7.04. The van der Waals surface area contributed by atoms with E-state index in [1.165, 1.54) is 10.4 Å². The largest absolute Gasteiger partial charge is 0.407 e. The number of thiazole rings is 1. The monoisotopic (exact) mass is 852 g/mol. The van der Waals surface area contributed by atoms with Gasteiger partial charge in [-0.25, -0.2) is 4.98 Å². The van der Waals surface area contributed by atoms with Gasteiger partial charge < -0.3 is 19.7 Å². The smallest absolute Gasteiger partial charge is 0.271 e. The highest BCUT2D eigenvalue weighted by Crippen LogP contribution is 2.37. The van der Waals surface area contributed by atoms with Crippen LogP contribution in [0.15, 0.2) is 101 Å². The van der Waals surface area contributed by atoms with Gasteiger partial charge in [-0.15, -0.1) is 11.3 Å². The van der Waals surface area contributed by atoms with Gasteiger partial charge in [0.15, 0.2) is 5.78 Å². The van der Waals surface area contributed by atoms with Crippen LogP contribution in [0.1, 0.15) is 115 Å². The second-order valence-electron chi connectivity index (χ2n) is 17.0. The molecule has 0 aliphatic heterocycles. The Hall–Kier alpha value is -4.65. The lowest BCUT2D eigenvalue weighted by atomic mass is 9.93. The molecule has 0 aliphatic rings. The highest BCUT2D eigenvalue weighted by Gasteiger charge is 2.50. The van der Waals surface area contributed by atoms with Gasteiger partial charge in [0, 0.05) is 42.3 Å². The lowest BCUT2D eigenvalue weighted by Gasteiger charge is -2.43. The van der Waals surface area contributed by atoms with Crippen LogP contribution in [0.5, 0.6) is 0 Å². The third-order valence-electron chi connectivity index (χ3n) is 11.3. The van der Waals surface area contributed by atoms with Crippen LogP contribution in [0, 0.1) is 11.8 Å². The Morgan fingerprint density at radius 3 is 2.05 bits per heavy atom. The number of nitrogens with one attached hydrogen (secondary N) is 1. The zero-order chi connectivity index (χ0) is 43.9. The predicted molar refractivity (Wildman–Crippen MR) is 244 cm³/mol. The van der Waals surface area contributed by atoms with E-state index < -0.39 is 32.4 Å². The fourth-order valence-electron chi connectivity index (χ4n) is 7.90. The van der Waals surface area contributed by atoms with Crippen LogP contribution in [0.25, 0.3) is 10.4 Å². The molecule has 0 saturated heterocycles. The molecule has 0 fully saturated rings. The predicted octanol–water partition coefficient (Wildman–Crippen LogP) is 8.82. The summed E-state index contributed by atoms with van der Waals surface area (Å²) in [6, 6.07) is 28.4. The van der Waals surface area contributed by atoms with Crippen molar-refractivity contribution in [3.63, 3.8) is 0 Å². The summed E-state index contributed by atoms with van der Waals surface area (Å²) in [4.78, 5) is 50.9. The number of rotatable bonds is 23. The van der Waals surface area contributed by atoms with E-state index >= 15 is 0 Å². The number of benzene rings is 3. The first-order valence-corrected chi connectivity index (χ1v) is 24.1. The van der Waals surface area contributed by atoms with Gasteiger partial charge in [-0.1, -0.05) is 158 Å². The maximum absolute atomic E-state index is 14.0. The van der Waals surface area contributed by atoms with Crippen molar-refractivity contribution in [3.05, 3.63) is 123 Å². The van der Waals surface area contributed by atoms with Crippen LogP contribution in [-0.4, -0.2) is 72.2 Å². The van der Waals surface area contributed by atoms with Gasteiger partial charge in [0.1, 0.15) is 22.8 Å². The van der Waals surface area contributed by atoms with Gasteiger partial charge in [-0.05, 0) is 57.6 Å². The van der Waals surface area contributed by atoms with E-state index in [9.17, 15) is 25.0 Å². The van der Waals surface area contributed by atoms with E-state index in [0.29, 0.717) is 43.8 Å². The van der Waals surface area contributed by atoms with Crippen molar-refractivity contribution >= 4 is 47.6 Å². The lowest BCUT2D eigenvalue weighted by Crippen LogP contribution is -2.66. The molecule has 11 nitrogen and oxygen atoms in total. The molecule has 4 rings (SSSR count). The number of ketones is 1. The Morgan fingerprint density at radius 1 is 0.950 bits per heavy atom. The van der Waals surface area contributed by atoms with Crippen molar-refractivity contribution in [2.45, 2.75) is 123 Å². The highest BCUT2D eigenvalue weighted by molar-refractivity contribution is 7.09. The Labute approximate surface area is 361 Å². The summed E-state index contributed by atoms with van der Waals surface area (Å²) in [5.74, 6) is -1.04. The molecule has 3 aromatic carbocycles. The Kier molecular flexibility index (Phi) is 18.3. The van der Waals surface area contributed by atoms with E-state index in [0.717, 1.165) is 16.9 Å². The number of carbonyl (C=O) groups excluding carboxylic acids is 3. The molecule has 0 bridgehead atoms. The first kappa shape index (κ1) is 48.0. The van der Waals surface area contributed by atoms with Crippen LogP contribution in [-0.2, 0) is 20.4 Å². The SMILES string of the molecule is CCCN(C(=O)[C@@H](N=[N+]=[N-])[C@@H](C)CC)[C@H](C[C@@H](O)c1nc(C(=O)N[C@@H](Cc2ccccc2)C(=O)CCCO[Si](c2ccccc2)(c2ccccc2)C(C)(C)C)cs1)C(C)C. The number of aliphatic hydroxyl groups is 1. The summed E-state index contributed by atoms with van der Waals surface area (Å²) in [6.45, 7) is 17.3. The van der Waals surface area contributed by atoms with E-state index in [1.807, 2.05) is 101 Å². The van der Waals surface area contributed by atoms with Crippen molar-refractivity contribution in [1.29, 1.82) is 0 Å². The van der Waals surface area contributed by atoms with E-state index in [4.69, 9.17) is 4.43 Å². The molecule has 0 spiro atoms. The average Bonchev–Trinajstić information content (AvgIpc) is 3.75. The van der Waals surface area contributed by atoms with E-state index in [1.54, 1.807) is 10.3 Å². The molecule has 2 N–H and O–H groups in total. The number of Topliss-reactive ketones (excluding diaryl/α,β-unsaturated/α-hetero) is 1. The number of nitrogens with zero attached hydrogens (tertiary/aromatic N) is 5. The molecule has 322 valence electrons. The molecule has 4 aromatic rings. The van der Waals surface area contributed by atoms with Crippen molar-refractivity contribution in [3.8, 4) is 0 Å². The molecule has 0 aliphatic carbocycles. The molecule has 0 saturated carbocycles. The molecule has 1 aromatic heterocycles. The van der Waals surface area contributed by atoms with E-state index in [2.05, 4.69) is 65.4 Å². The van der Waals surface area contributed by atoms with Crippen molar-refractivity contribution in [2.24, 2.45) is 17.0 Å². The topological polar surface area (TPSA) is 158 Å². The number of aliphatic hydroxyl groups excluding tert-OH is 1. The molecule has 0 unspecified atom stereocenters. The number of hydrogen-bond donors (Lipinski definition) is 2. The quantitative estimate of drug-likeness (QED) is 0.0250. The third kappa shape index (κ3) is 12.2. The number of amides is 2. The summed E-state index contributed by atoms with van der Waals surface area (Å²) in [6.07, 6.45) is 1.48. The van der Waals surface area contributed by atoms with Gasteiger partial charge in [0.05, 0.1) is 6.04 Å². The van der Waals surface area contributed by atoms with Crippen LogP contribution in [0.3, 0.4) is 0 Å². The summed E-state index contributed by atoms with van der Waals surface area (Å²) in [5.41, 5.74) is 10.3. The lowest BCUT2D eigenvalue weighted by molar-refractivity contribution is -0.138. The Balaban J connectivity index is 1.50. The second kappa shape index (κ2) is 22.8. The average molecular weight is 853 g/mol. The van der Waals surface area contributed by atoms with Gasteiger partial charge in [0.25, 0.3) is 14.2 Å². The summed E-state index contributed by atoms with van der Waals surface area (Å²) in [7, 11) is -2.78. The van der Waals surface area contributed by atoms with Crippen molar-refractivity contribution in [1.82, 2.24) is 15.2 Å². The van der Waals surface area contributed by atoms with Crippen LogP contribution < -0.4 is 15.7 Å². The molecule has 1 heterocycles. The van der Waals surface area contributed by atoms with Gasteiger partial charge in [-0.3, -0.25) is 14.4 Å². The Bertz CT molecular complexity index is 1960. The van der Waals surface area contributed by atoms with Crippen LogP contribution >= 0.6 is 11.3 Å². The molecule has 0 radical (unpaired) electrons. The minimum Gasteiger partial charge on any atom is -0.407 e. The molecular weight excluding hydrogens is 789 g/mol. The fraction of sp³-hybridized carbons (Fsp3) is 0.489. The molecular formula is C47H64N6O5SSi. The Morgan fingerprint density at radius 2 is 1.53 bits per heavy atom. The van der Waals surface area contributed by atoms with Crippen LogP contribution in [0.4, 0.5) is 0 Å². The summed E-state index contributed by atoms with van der Waals surface area (Å²) in [5, 5.41) is 22.4. The van der Waals surface area contributed by atoms with Gasteiger partial charge in [0.2, 0.25) is 5.91 Å². The minimum atomic E-state index is -2.78. The van der Waals surface area contributed by atoms with Crippen molar-refractivity contribution < 1.29 is 23.9 Å². The molecule has 60 heavy (non-hydrogen) atoms. The molecule has 2 amide bonds. The van der Waals surface area contributed by atoms with Gasteiger partial charge >= 0.3 is 0 Å². The number of hydrogen-bond acceptors (Lipinski definition) is 8. The third-order valence-corrected chi connectivity index (χ3v) is 17.3. The first-order chi connectivity index (χ1) is 28.7.